The lowest BCUT2D eigenvalue weighted by molar-refractivity contribution is 0.276. The van der Waals surface area contributed by atoms with Gasteiger partial charge in [-0.1, -0.05) is 32.6 Å². The molecule has 1 saturated carbocycles. The van der Waals surface area contributed by atoms with E-state index in [1.807, 2.05) is 0 Å². The van der Waals surface area contributed by atoms with Crippen molar-refractivity contribution in [3.8, 4) is 0 Å². The molecular formula is C10H19Cl. The van der Waals surface area contributed by atoms with Gasteiger partial charge in [-0.15, -0.1) is 11.6 Å². The number of hydrogen-bond donors (Lipinski definition) is 0. The molecule has 1 rings (SSSR count). The molecule has 0 bridgehead atoms. The summed E-state index contributed by atoms with van der Waals surface area (Å²) in [6.07, 6.45) is 8.41. The number of halogens is 1. The van der Waals surface area contributed by atoms with Crippen molar-refractivity contribution in [1.82, 2.24) is 0 Å². The van der Waals surface area contributed by atoms with Crippen LogP contribution in [0.5, 0.6) is 0 Å². The Bertz CT molecular complexity index is 90.3. The van der Waals surface area contributed by atoms with Crippen LogP contribution in [0.15, 0.2) is 0 Å². The molecule has 0 saturated heterocycles. The van der Waals surface area contributed by atoms with Gasteiger partial charge in [0.15, 0.2) is 0 Å². The fraction of sp³-hybridized carbons (Fsp3) is 1.00. The maximum Gasteiger partial charge on any atom is 0.0223 e. The standard InChI is InChI=1S/C10H19Cl/c1-9-4-6-10(7-5-9)3-2-8-11/h9-10H,2-8H2,1H3. The summed E-state index contributed by atoms with van der Waals surface area (Å²) in [6, 6.07) is 0. The van der Waals surface area contributed by atoms with Crippen molar-refractivity contribution in [3.63, 3.8) is 0 Å². The van der Waals surface area contributed by atoms with Gasteiger partial charge in [0, 0.05) is 5.88 Å². The van der Waals surface area contributed by atoms with Crippen LogP contribution in [0, 0.1) is 11.8 Å². The van der Waals surface area contributed by atoms with Crippen LogP contribution >= 0.6 is 11.6 Å². The van der Waals surface area contributed by atoms with Crippen molar-refractivity contribution in [3.05, 3.63) is 0 Å². The van der Waals surface area contributed by atoms with Crippen molar-refractivity contribution in [2.24, 2.45) is 11.8 Å². The van der Waals surface area contributed by atoms with Crippen LogP contribution in [0.3, 0.4) is 0 Å². The lowest BCUT2D eigenvalue weighted by Crippen LogP contribution is -2.12. The molecule has 1 fully saturated rings. The Kier molecular flexibility index (Phi) is 4.29. The van der Waals surface area contributed by atoms with Crippen LogP contribution in [-0.2, 0) is 0 Å². The fourth-order valence-electron chi connectivity index (χ4n) is 1.98. The van der Waals surface area contributed by atoms with Crippen LogP contribution < -0.4 is 0 Å². The quantitative estimate of drug-likeness (QED) is 0.571. The first-order valence-corrected chi connectivity index (χ1v) is 5.42. The third kappa shape index (κ3) is 3.46. The molecule has 1 aliphatic rings. The number of rotatable bonds is 3. The zero-order valence-corrected chi connectivity index (χ0v) is 8.24. The Morgan fingerprint density at radius 2 is 1.82 bits per heavy atom. The molecule has 0 amide bonds. The van der Waals surface area contributed by atoms with E-state index >= 15 is 0 Å². The highest BCUT2D eigenvalue weighted by atomic mass is 35.5. The second-order valence-corrected chi connectivity index (χ2v) is 4.34. The average Bonchev–Trinajstić information content (AvgIpc) is 2.04. The van der Waals surface area contributed by atoms with E-state index in [4.69, 9.17) is 11.6 Å². The molecule has 0 N–H and O–H groups in total. The van der Waals surface area contributed by atoms with Gasteiger partial charge in [-0.05, 0) is 24.7 Å². The van der Waals surface area contributed by atoms with Gasteiger partial charge >= 0.3 is 0 Å². The van der Waals surface area contributed by atoms with E-state index in [9.17, 15) is 0 Å². The maximum atomic E-state index is 5.65. The monoisotopic (exact) mass is 174 g/mol. The Hall–Kier alpha value is 0.290. The van der Waals surface area contributed by atoms with Crippen LogP contribution in [0.25, 0.3) is 0 Å². The summed E-state index contributed by atoms with van der Waals surface area (Å²) in [5, 5.41) is 0. The average molecular weight is 175 g/mol. The largest absolute Gasteiger partial charge is 0.127 e. The Labute approximate surface area is 75.3 Å². The molecule has 11 heavy (non-hydrogen) atoms. The van der Waals surface area contributed by atoms with Crippen molar-refractivity contribution < 1.29 is 0 Å². The van der Waals surface area contributed by atoms with Crippen molar-refractivity contribution >= 4 is 11.6 Å². The summed E-state index contributed by atoms with van der Waals surface area (Å²) in [5.41, 5.74) is 0. The van der Waals surface area contributed by atoms with Gasteiger partial charge < -0.3 is 0 Å². The molecule has 0 aromatic rings. The normalized spacial score (nSPS) is 32.2. The van der Waals surface area contributed by atoms with Crippen LogP contribution in [0.1, 0.15) is 45.4 Å². The van der Waals surface area contributed by atoms with E-state index in [0.717, 1.165) is 17.7 Å². The van der Waals surface area contributed by atoms with Gasteiger partial charge in [-0.3, -0.25) is 0 Å². The predicted molar refractivity (Wildman–Crippen MR) is 51.1 cm³/mol. The molecule has 0 nitrogen and oxygen atoms in total. The third-order valence-corrected chi connectivity index (χ3v) is 3.15. The molecule has 0 atom stereocenters. The van der Waals surface area contributed by atoms with Crippen molar-refractivity contribution in [2.45, 2.75) is 45.4 Å². The lowest BCUT2D eigenvalue weighted by Gasteiger charge is -2.25. The molecular weight excluding hydrogens is 156 g/mol. The molecule has 0 heterocycles. The topological polar surface area (TPSA) is 0 Å². The number of alkyl halides is 1. The minimum atomic E-state index is 0.853. The molecule has 1 heteroatoms. The highest BCUT2D eigenvalue weighted by molar-refractivity contribution is 6.17. The molecule has 0 radical (unpaired) electrons. The van der Waals surface area contributed by atoms with E-state index in [2.05, 4.69) is 6.92 Å². The van der Waals surface area contributed by atoms with Crippen LogP contribution in [0.2, 0.25) is 0 Å². The van der Waals surface area contributed by atoms with Gasteiger partial charge in [-0.2, -0.15) is 0 Å². The van der Waals surface area contributed by atoms with Crippen molar-refractivity contribution in [1.29, 1.82) is 0 Å². The molecule has 66 valence electrons. The first-order chi connectivity index (χ1) is 5.33. The van der Waals surface area contributed by atoms with E-state index in [-0.39, 0.29) is 0 Å². The summed E-state index contributed by atoms with van der Waals surface area (Å²) in [4.78, 5) is 0. The molecule has 0 unspecified atom stereocenters. The zero-order valence-electron chi connectivity index (χ0n) is 7.48. The van der Waals surface area contributed by atoms with E-state index in [1.54, 1.807) is 0 Å². The van der Waals surface area contributed by atoms with Crippen LogP contribution in [-0.4, -0.2) is 5.88 Å². The van der Waals surface area contributed by atoms with Gasteiger partial charge in [-0.25, -0.2) is 0 Å². The zero-order chi connectivity index (χ0) is 8.10. The minimum Gasteiger partial charge on any atom is -0.127 e. The number of hydrogen-bond acceptors (Lipinski definition) is 0. The van der Waals surface area contributed by atoms with Gasteiger partial charge in [0.2, 0.25) is 0 Å². The maximum absolute atomic E-state index is 5.65. The van der Waals surface area contributed by atoms with E-state index in [0.29, 0.717) is 0 Å². The van der Waals surface area contributed by atoms with Crippen LogP contribution in [0.4, 0.5) is 0 Å². The van der Waals surface area contributed by atoms with Crippen molar-refractivity contribution in [2.75, 3.05) is 5.88 Å². The second kappa shape index (κ2) is 5.03. The second-order valence-electron chi connectivity index (χ2n) is 3.96. The van der Waals surface area contributed by atoms with Gasteiger partial charge in [0.1, 0.15) is 0 Å². The predicted octanol–water partition coefficient (Wildman–Crippen LogP) is 3.83. The first kappa shape index (κ1) is 9.38. The molecule has 0 aromatic heterocycles. The first-order valence-electron chi connectivity index (χ1n) is 4.89. The molecule has 0 aliphatic heterocycles. The molecule has 0 aromatic carbocycles. The Morgan fingerprint density at radius 1 is 1.18 bits per heavy atom. The fourth-order valence-corrected chi connectivity index (χ4v) is 2.14. The highest BCUT2D eigenvalue weighted by Gasteiger charge is 2.17. The Balaban J connectivity index is 2.07. The molecule has 1 aliphatic carbocycles. The summed E-state index contributed by atoms with van der Waals surface area (Å²) >= 11 is 5.65. The summed E-state index contributed by atoms with van der Waals surface area (Å²) < 4.78 is 0. The third-order valence-electron chi connectivity index (χ3n) is 2.88. The molecule has 0 spiro atoms. The summed E-state index contributed by atoms with van der Waals surface area (Å²) in [7, 11) is 0. The highest BCUT2D eigenvalue weighted by Crippen LogP contribution is 2.30. The van der Waals surface area contributed by atoms with Gasteiger partial charge in [0.25, 0.3) is 0 Å². The Morgan fingerprint density at radius 3 is 2.36 bits per heavy atom. The van der Waals surface area contributed by atoms with E-state index < -0.39 is 0 Å². The smallest absolute Gasteiger partial charge is 0.0223 e. The van der Waals surface area contributed by atoms with E-state index in [1.165, 1.54) is 38.5 Å². The summed E-state index contributed by atoms with van der Waals surface area (Å²) in [6.45, 7) is 2.37. The lowest BCUT2D eigenvalue weighted by atomic mass is 9.81. The minimum absolute atomic E-state index is 0.853. The SMILES string of the molecule is CC1CCC(CCCCl)CC1. The van der Waals surface area contributed by atoms with Gasteiger partial charge in [0.05, 0.1) is 0 Å². The summed E-state index contributed by atoms with van der Waals surface area (Å²) in [5.74, 6) is 2.85.